The van der Waals surface area contributed by atoms with E-state index in [4.69, 9.17) is 0 Å². The highest BCUT2D eigenvalue weighted by molar-refractivity contribution is 4.80. The molecule has 2 unspecified atom stereocenters. The highest BCUT2D eigenvalue weighted by Gasteiger charge is 2.23. The summed E-state index contributed by atoms with van der Waals surface area (Å²) in [4.78, 5) is 2.76. The van der Waals surface area contributed by atoms with E-state index in [1.54, 1.807) is 0 Å². The van der Waals surface area contributed by atoms with Crippen LogP contribution < -0.4 is 5.32 Å². The molecule has 0 aromatic heterocycles. The molecule has 1 aliphatic heterocycles. The third-order valence-electron chi connectivity index (χ3n) is 3.96. The summed E-state index contributed by atoms with van der Waals surface area (Å²) in [6.07, 6.45) is 9.63. The normalized spacial score (nSPS) is 23.8. The zero-order valence-electron chi connectivity index (χ0n) is 12.2. The summed E-state index contributed by atoms with van der Waals surface area (Å²) in [7, 11) is 0. The molecule has 0 aliphatic carbocycles. The monoisotopic (exact) mass is 240 g/mol. The number of hydrogen-bond donors (Lipinski definition) is 1. The zero-order valence-corrected chi connectivity index (χ0v) is 12.2. The van der Waals surface area contributed by atoms with Gasteiger partial charge in [-0.05, 0) is 38.8 Å². The lowest BCUT2D eigenvalue weighted by molar-refractivity contribution is 0.123. The average molecular weight is 240 g/mol. The van der Waals surface area contributed by atoms with Crippen LogP contribution in [0.4, 0.5) is 0 Å². The van der Waals surface area contributed by atoms with Gasteiger partial charge in [-0.1, -0.05) is 40.0 Å². The Bertz CT molecular complexity index is 174. The van der Waals surface area contributed by atoms with Gasteiger partial charge in [0.1, 0.15) is 0 Å². The number of nitrogens with one attached hydrogen (secondary N) is 1. The van der Waals surface area contributed by atoms with E-state index in [1.165, 1.54) is 58.0 Å². The first-order chi connectivity index (χ1) is 8.31. The minimum absolute atomic E-state index is 0.711. The minimum Gasteiger partial charge on any atom is -0.313 e. The fourth-order valence-corrected chi connectivity index (χ4v) is 3.14. The quantitative estimate of drug-likeness (QED) is 0.699. The Kier molecular flexibility index (Phi) is 7.87. The number of nitrogens with zero attached hydrogens (tertiary/aromatic N) is 1. The molecule has 0 amide bonds. The molecule has 1 fully saturated rings. The molecule has 2 atom stereocenters. The van der Waals surface area contributed by atoms with Gasteiger partial charge in [-0.3, -0.25) is 4.90 Å². The van der Waals surface area contributed by atoms with Crippen molar-refractivity contribution in [1.82, 2.24) is 10.2 Å². The molecule has 0 aromatic rings. The summed E-state index contributed by atoms with van der Waals surface area (Å²) >= 11 is 0. The van der Waals surface area contributed by atoms with Crippen LogP contribution in [-0.2, 0) is 0 Å². The summed E-state index contributed by atoms with van der Waals surface area (Å²) in [5.74, 6) is 0. The van der Waals surface area contributed by atoms with Crippen molar-refractivity contribution < 1.29 is 0 Å². The standard InChI is InChI=1S/C15H32N2/c1-4-9-14(16-6-3)13-17-12-8-7-11-15(17)10-5-2/h14-16H,4-13H2,1-3H3. The molecule has 17 heavy (non-hydrogen) atoms. The van der Waals surface area contributed by atoms with Crippen molar-refractivity contribution >= 4 is 0 Å². The Morgan fingerprint density at radius 2 is 2.00 bits per heavy atom. The van der Waals surface area contributed by atoms with Crippen molar-refractivity contribution in [3.8, 4) is 0 Å². The average Bonchev–Trinajstić information content (AvgIpc) is 2.33. The molecule has 1 rings (SSSR count). The van der Waals surface area contributed by atoms with Crippen molar-refractivity contribution in [1.29, 1.82) is 0 Å². The fraction of sp³-hybridized carbons (Fsp3) is 1.00. The molecule has 0 saturated carbocycles. The van der Waals surface area contributed by atoms with E-state index in [0.29, 0.717) is 6.04 Å². The van der Waals surface area contributed by atoms with Gasteiger partial charge >= 0.3 is 0 Å². The Morgan fingerprint density at radius 1 is 1.18 bits per heavy atom. The van der Waals surface area contributed by atoms with E-state index in [1.807, 2.05) is 0 Å². The van der Waals surface area contributed by atoms with Gasteiger partial charge in [0.05, 0.1) is 0 Å². The van der Waals surface area contributed by atoms with Gasteiger partial charge in [-0.2, -0.15) is 0 Å². The van der Waals surface area contributed by atoms with Gasteiger partial charge in [0.2, 0.25) is 0 Å². The molecule has 102 valence electrons. The van der Waals surface area contributed by atoms with Crippen LogP contribution in [0.3, 0.4) is 0 Å². The van der Waals surface area contributed by atoms with Crippen molar-refractivity contribution in [3.05, 3.63) is 0 Å². The SMILES string of the molecule is CCCC(CN1CCCCC1CCC)NCC. The first-order valence-electron chi connectivity index (χ1n) is 7.79. The second-order valence-electron chi connectivity index (χ2n) is 5.48. The van der Waals surface area contributed by atoms with Gasteiger partial charge in [0, 0.05) is 18.6 Å². The maximum Gasteiger partial charge on any atom is 0.0194 e. The Morgan fingerprint density at radius 3 is 2.65 bits per heavy atom. The van der Waals surface area contributed by atoms with Gasteiger partial charge in [-0.15, -0.1) is 0 Å². The molecular formula is C15H32N2. The van der Waals surface area contributed by atoms with Crippen LogP contribution in [0.15, 0.2) is 0 Å². The summed E-state index contributed by atoms with van der Waals surface area (Å²) in [6, 6.07) is 1.58. The molecule has 1 N–H and O–H groups in total. The summed E-state index contributed by atoms with van der Waals surface area (Å²) < 4.78 is 0. The Balaban J connectivity index is 2.43. The van der Waals surface area contributed by atoms with E-state index in [9.17, 15) is 0 Å². The van der Waals surface area contributed by atoms with E-state index in [-0.39, 0.29) is 0 Å². The molecule has 1 heterocycles. The fourth-order valence-electron chi connectivity index (χ4n) is 3.14. The maximum atomic E-state index is 3.65. The highest BCUT2D eigenvalue weighted by Crippen LogP contribution is 2.21. The first-order valence-corrected chi connectivity index (χ1v) is 7.79. The predicted molar refractivity (Wildman–Crippen MR) is 76.5 cm³/mol. The number of rotatable bonds is 8. The largest absolute Gasteiger partial charge is 0.313 e. The molecule has 2 nitrogen and oxygen atoms in total. The lowest BCUT2D eigenvalue weighted by Crippen LogP contribution is -2.47. The second-order valence-corrected chi connectivity index (χ2v) is 5.48. The van der Waals surface area contributed by atoms with Gasteiger partial charge in [-0.25, -0.2) is 0 Å². The van der Waals surface area contributed by atoms with E-state index >= 15 is 0 Å². The van der Waals surface area contributed by atoms with Gasteiger partial charge in [0.25, 0.3) is 0 Å². The third kappa shape index (κ3) is 5.39. The molecule has 1 saturated heterocycles. The third-order valence-corrected chi connectivity index (χ3v) is 3.96. The van der Waals surface area contributed by atoms with Crippen LogP contribution in [0, 0.1) is 0 Å². The molecule has 2 heteroatoms. The first kappa shape index (κ1) is 15.0. The van der Waals surface area contributed by atoms with E-state index in [2.05, 4.69) is 31.0 Å². The molecular weight excluding hydrogens is 208 g/mol. The van der Waals surface area contributed by atoms with Gasteiger partial charge in [0.15, 0.2) is 0 Å². The van der Waals surface area contributed by atoms with Crippen LogP contribution in [0.1, 0.15) is 65.7 Å². The summed E-state index contributed by atoms with van der Waals surface area (Å²) in [5.41, 5.74) is 0. The van der Waals surface area contributed by atoms with Crippen LogP contribution in [0.25, 0.3) is 0 Å². The number of likely N-dealkylation sites (tertiary alicyclic amines) is 1. The lowest BCUT2D eigenvalue weighted by atomic mass is 9.97. The zero-order chi connectivity index (χ0) is 12.5. The maximum absolute atomic E-state index is 3.65. The minimum atomic E-state index is 0.711. The number of hydrogen-bond acceptors (Lipinski definition) is 2. The Hall–Kier alpha value is -0.0800. The van der Waals surface area contributed by atoms with Crippen LogP contribution in [0.5, 0.6) is 0 Å². The smallest absolute Gasteiger partial charge is 0.0194 e. The van der Waals surface area contributed by atoms with E-state index < -0.39 is 0 Å². The number of likely N-dealkylation sites (N-methyl/N-ethyl adjacent to an activating group) is 1. The summed E-state index contributed by atoms with van der Waals surface area (Å²) in [5, 5.41) is 3.65. The van der Waals surface area contributed by atoms with Crippen LogP contribution >= 0.6 is 0 Å². The number of piperidine rings is 1. The second kappa shape index (κ2) is 8.93. The predicted octanol–water partition coefficient (Wildman–Crippen LogP) is 3.42. The molecule has 1 aliphatic rings. The molecule has 0 aromatic carbocycles. The molecule has 0 spiro atoms. The molecule has 0 bridgehead atoms. The van der Waals surface area contributed by atoms with Crippen LogP contribution in [0.2, 0.25) is 0 Å². The van der Waals surface area contributed by atoms with Crippen molar-refractivity contribution in [2.24, 2.45) is 0 Å². The van der Waals surface area contributed by atoms with Crippen molar-refractivity contribution in [2.75, 3.05) is 19.6 Å². The molecule has 0 radical (unpaired) electrons. The van der Waals surface area contributed by atoms with Crippen LogP contribution in [-0.4, -0.2) is 36.6 Å². The topological polar surface area (TPSA) is 15.3 Å². The van der Waals surface area contributed by atoms with Crippen molar-refractivity contribution in [3.63, 3.8) is 0 Å². The summed E-state index contributed by atoms with van der Waals surface area (Å²) in [6.45, 7) is 10.5. The van der Waals surface area contributed by atoms with Gasteiger partial charge < -0.3 is 5.32 Å². The van der Waals surface area contributed by atoms with Crippen molar-refractivity contribution in [2.45, 2.75) is 77.8 Å². The van der Waals surface area contributed by atoms with E-state index in [0.717, 1.165) is 12.6 Å². The Labute approximate surface area is 108 Å². The lowest BCUT2D eigenvalue weighted by Gasteiger charge is -2.38. The highest BCUT2D eigenvalue weighted by atomic mass is 15.2.